The Morgan fingerprint density at radius 3 is 2.50 bits per heavy atom. The van der Waals surface area contributed by atoms with Crippen LogP contribution in [0.5, 0.6) is 0 Å². The number of fused-ring (bicyclic) bond motifs is 2. The summed E-state index contributed by atoms with van der Waals surface area (Å²) in [7, 11) is 3.15. The maximum Gasteiger partial charge on any atom is 0.413 e. The van der Waals surface area contributed by atoms with E-state index < -0.39 is 30.6 Å². The SMILES string of the molecule is COC[C@H]1O[C@H]2[C@H](OC(=O)N2[C@@H]2C(=O)N3[C@@H]2C(C)(C)SC3(C)C)[C@H]1OC. The molecule has 0 aromatic carbocycles. The van der Waals surface area contributed by atoms with Gasteiger partial charge in [0.2, 0.25) is 5.91 Å². The third-order valence-corrected chi connectivity index (χ3v) is 7.25. The molecule has 2 amide bonds. The zero-order chi connectivity index (χ0) is 19.0. The van der Waals surface area contributed by atoms with E-state index in [1.54, 1.807) is 26.0 Å². The van der Waals surface area contributed by atoms with Gasteiger partial charge in [-0.2, -0.15) is 0 Å². The van der Waals surface area contributed by atoms with Gasteiger partial charge < -0.3 is 23.8 Å². The van der Waals surface area contributed by atoms with E-state index in [1.807, 2.05) is 18.7 Å². The van der Waals surface area contributed by atoms with Gasteiger partial charge in [-0.3, -0.25) is 9.69 Å². The minimum absolute atomic E-state index is 0.0524. The van der Waals surface area contributed by atoms with E-state index in [0.29, 0.717) is 6.61 Å². The quantitative estimate of drug-likeness (QED) is 0.668. The van der Waals surface area contributed by atoms with Crippen molar-refractivity contribution in [2.75, 3.05) is 20.8 Å². The molecular formula is C17H26N2O6S. The largest absolute Gasteiger partial charge is 0.438 e. The molecule has 0 bridgehead atoms. The number of β-lactam (4-membered cyclic amide) rings is 1. The number of hydrogen-bond acceptors (Lipinski definition) is 7. The van der Waals surface area contributed by atoms with Crippen LogP contribution < -0.4 is 0 Å². The zero-order valence-corrected chi connectivity index (χ0v) is 16.7. The highest BCUT2D eigenvalue weighted by Crippen LogP contribution is 2.58. The minimum atomic E-state index is -0.631. The second kappa shape index (κ2) is 5.73. The molecule has 0 N–H and O–H groups in total. The summed E-state index contributed by atoms with van der Waals surface area (Å²) in [6.07, 6.45) is -2.46. The third-order valence-electron chi connectivity index (χ3n) is 5.78. The number of hydrogen-bond donors (Lipinski definition) is 0. The molecule has 8 nitrogen and oxygen atoms in total. The summed E-state index contributed by atoms with van der Waals surface area (Å²) < 4.78 is 22.1. The summed E-state index contributed by atoms with van der Waals surface area (Å²) in [6, 6.07) is -0.645. The zero-order valence-electron chi connectivity index (χ0n) is 15.9. The number of amides is 2. The highest BCUT2D eigenvalue weighted by atomic mass is 32.2. The van der Waals surface area contributed by atoms with Crippen molar-refractivity contribution in [1.82, 2.24) is 9.80 Å². The van der Waals surface area contributed by atoms with Gasteiger partial charge in [0.05, 0.1) is 17.5 Å². The molecular weight excluding hydrogens is 360 g/mol. The molecule has 4 heterocycles. The summed E-state index contributed by atoms with van der Waals surface area (Å²) >= 11 is 1.75. The minimum Gasteiger partial charge on any atom is -0.438 e. The average Bonchev–Trinajstić information content (AvgIpc) is 3.04. The maximum absolute atomic E-state index is 13.0. The maximum atomic E-state index is 13.0. The Balaban J connectivity index is 1.63. The Bertz CT molecular complexity index is 641. The molecule has 4 rings (SSSR count). The Labute approximate surface area is 157 Å². The molecule has 0 saturated carbocycles. The van der Waals surface area contributed by atoms with Gasteiger partial charge in [-0.15, -0.1) is 11.8 Å². The van der Waals surface area contributed by atoms with Crippen LogP contribution in [0.15, 0.2) is 0 Å². The molecule has 0 aromatic rings. The van der Waals surface area contributed by atoms with Crippen molar-refractivity contribution in [3.8, 4) is 0 Å². The van der Waals surface area contributed by atoms with Crippen molar-refractivity contribution in [2.45, 2.75) is 73.9 Å². The first-order chi connectivity index (χ1) is 12.1. The first-order valence-corrected chi connectivity index (χ1v) is 9.65. The number of nitrogens with zero attached hydrogens (tertiary/aromatic N) is 2. The normalized spacial score (nSPS) is 42.5. The highest BCUT2D eigenvalue weighted by Gasteiger charge is 2.71. The van der Waals surface area contributed by atoms with Gasteiger partial charge in [-0.1, -0.05) is 0 Å². The predicted octanol–water partition coefficient (Wildman–Crippen LogP) is 1.03. The lowest BCUT2D eigenvalue weighted by Crippen LogP contribution is -2.76. The fourth-order valence-electron chi connectivity index (χ4n) is 4.98. The van der Waals surface area contributed by atoms with E-state index in [2.05, 4.69) is 13.8 Å². The van der Waals surface area contributed by atoms with Crippen molar-refractivity contribution in [3.63, 3.8) is 0 Å². The van der Waals surface area contributed by atoms with Crippen molar-refractivity contribution >= 4 is 23.8 Å². The van der Waals surface area contributed by atoms with E-state index in [9.17, 15) is 9.59 Å². The van der Waals surface area contributed by atoms with Crippen LogP contribution in [-0.2, 0) is 23.7 Å². The van der Waals surface area contributed by atoms with Gasteiger partial charge in [0.1, 0.15) is 18.2 Å². The molecule has 4 saturated heterocycles. The molecule has 0 spiro atoms. The first-order valence-electron chi connectivity index (χ1n) is 8.83. The number of ether oxygens (including phenoxy) is 4. The number of carbonyl (C=O) groups excluding carboxylic acids is 2. The second-order valence-electron chi connectivity index (χ2n) is 8.23. The van der Waals surface area contributed by atoms with Crippen molar-refractivity contribution in [2.24, 2.45) is 0 Å². The van der Waals surface area contributed by atoms with Gasteiger partial charge in [0.25, 0.3) is 0 Å². The summed E-state index contributed by atoms with van der Waals surface area (Å²) in [4.78, 5) is 28.7. The molecule has 146 valence electrons. The van der Waals surface area contributed by atoms with Crippen LogP contribution in [0.4, 0.5) is 4.79 Å². The van der Waals surface area contributed by atoms with Crippen LogP contribution >= 0.6 is 11.8 Å². The van der Waals surface area contributed by atoms with E-state index in [0.717, 1.165) is 0 Å². The Morgan fingerprint density at radius 2 is 1.88 bits per heavy atom. The fourth-order valence-corrected chi connectivity index (χ4v) is 6.93. The molecule has 0 aromatic heterocycles. The summed E-state index contributed by atoms with van der Waals surface area (Å²) in [5.41, 5.74) is 0. The molecule has 0 radical (unpaired) electrons. The lowest BCUT2D eigenvalue weighted by molar-refractivity contribution is -0.170. The van der Waals surface area contributed by atoms with Crippen molar-refractivity contribution in [3.05, 3.63) is 0 Å². The molecule has 6 atom stereocenters. The van der Waals surface area contributed by atoms with E-state index in [-0.39, 0.29) is 27.7 Å². The van der Waals surface area contributed by atoms with Crippen LogP contribution in [-0.4, -0.2) is 88.9 Å². The lowest BCUT2D eigenvalue weighted by atomic mass is 9.83. The van der Waals surface area contributed by atoms with Gasteiger partial charge in [0, 0.05) is 19.0 Å². The van der Waals surface area contributed by atoms with Crippen molar-refractivity contribution < 1.29 is 28.5 Å². The van der Waals surface area contributed by atoms with E-state index >= 15 is 0 Å². The topological polar surface area (TPSA) is 77.5 Å². The van der Waals surface area contributed by atoms with Crippen LogP contribution in [0.2, 0.25) is 0 Å². The Hall–Kier alpha value is -1.03. The number of rotatable bonds is 4. The van der Waals surface area contributed by atoms with Gasteiger partial charge >= 0.3 is 6.09 Å². The average molecular weight is 386 g/mol. The smallest absolute Gasteiger partial charge is 0.413 e. The summed E-state index contributed by atoms with van der Waals surface area (Å²) in [6.45, 7) is 8.65. The summed E-state index contributed by atoms with van der Waals surface area (Å²) in [5.74, 6) is -0.0524. The lowest BCUT2D eigenvalue weighted by Gasteiger charge is -2.52. The number of methoxy groups -OCH3 is 2. The van der Waals surface area contributed by atoms with Crippen LogP contribution in [0, 0.1) is 0 Å². The van der Waals surface area contributed by atoms with Crippen LogP contribution in [0.25, 0.3) is 0 Å². The van der Waals surface area contributed by atoms with Crippen molar-refractivity contribution in [1.29, 1.82) is 0 Å². The van der Waals surface area contributed by atoms with E-state index in [4.69, 9.17) is 18.9 Å². The monoisotopic (exact) mass is 386 g/mol. The van der Waals surface area contributed by atoms with Gasteiger partial charge in [-0.25, -0.2) is 4.79 Å². The molecule has 4 aliphatic heterocycles. The molecule has 0 unspecified atom stereocenters. The third kappa shape index (κ3) is 2.26. The molecule has 26 heavy (non-hydrogen) atoms. The highest BCUT2D eigenvalue weighted by molar-refractivity contribution is 8.02. The standard InChI is InChI=1S/C17H26N2O6S/c1-16(2)12-9(13(20)19(12)17(3,4)26-16)18-14-11(25-15(18)21)10(23-6)8(24-14)7-22-5/h8-12,14H,7H2,1-6H3/t8-,9+,10+,11-,12+,14+/m1/s1. The summed E-state index contributed by atoms with van der Waals surface area (Å²) in [5, 5.41) is 0. The van der Waals surface area contributed by atoms with Gasteiger partial charge in [-0.05, 0) is 27.7 Å². The molecule has 0 aliphatic carbocycles. The Kier molecular flexibility index (Phi) is 4.04. The molecule has 4 aliphatic rings. The van der Waals surface area contributed by atoms with E-state index in [1.165, 1.54) is 4.90 Å². The molecule has 9 heteroatoms. The fraction of sp³-hybridized carbons (Fsp3) is 0.882. The molecule has 4 fully saturated rings. The first kappa shape index (κ1) is 18.3. The number of thioether (sulfide) groups is 1. The predicted molar refractivity (Wildman–Crippen MR) is 93.6 cm³/mol. The van der Waals surface area contributed by atoms with Crippen LogP contribution in [0.3, 0.4) is 0 Å². The Morgan fingerprint density at radius 1 is 1.19 bits per heavy atom. The second-order valence-corrected chi connectivity index (χ2v) is 10.5. The number of carbonyl (C=O) groups is 2. The van der Waals surface area contributed by atoms with Crippen LogP contribution in [0.1, 0.15) is 27.7 Å². The van der Waals surface area contributed by atoms with Gasteiger partial charge in [0.15, 0.2) is 12.3 Å².